The number of carbonyl (C=O) groups is 1. The van der Waals surface area contributed by atoms with Crippen molar-refractivity contribution in [2.75, 3.05) is 0 Å². The lowest BCUT2D eigenvalue weighted by atomic mass is 9.93. The van der Waals surface area contributed by atoms with Gasteiger partial charge >= 0.3 is 0 Å². The summed E-state index contributed by atoms with van der Waals surface area (Å²) in [5, 5.41) is 3.15. The number of nitrogens with two attached hydrogens (primary N) is 1. The average Bonchev–Trinajstić information content (AvgIpc) is 2.88. The SMILES string of the molecule is C[C@H](NC(=O)CC1(N)CCCC1)C1CCCC1. The monoisotopic (exact) mass is 238 g/mol. The van der Waals surface area contributed by atoms with E-state index in [1.165, 1.54) is 38.5 Å². The second kappa shape index (κ2) is 5.38. The van der Waals surface area contributed by atoms with Crippen molar-refractivity contribution in [1.82, 2.24) is 5.32 Å². The van der Waals surface area contributed by atoms with E-state index < -0.39 is 0 Å². The van der Waals surface area contributed by atoms with Crippen molar-refractivity contribution in [3.8, 4) is 0 Å². The van der Waals surface area contributed by atoms with Crippen molar-refractivity contribution >= 4 is 5.91 Å². The second-order valence-electron chi connectivity index (χ2n) is 6.15. The molecular formula is C14H26N2O. The number of amides is 1. The van der Waals surface area contributed by atoms with Crippen LogP contribution in [0.15, 0.2) is 0 Å². The van der Waals surface area contributed by atoms with Crippen molar-refractivity contribution in [3.05, 3.63) is 0 Å². The number of carbonyl (C=O) groups excluding carboxylic acids is 1. The van der Waals surface area contributed by atoms with Gasteiger partial charge in [-0.3, -0.25) is 4.79 Å². The second-order valence-corrected chi connectivity index (χ2v) is 6.15. The molecule has 2 fully saturated rings. The Balaban J connectivity index is 1.76. The van der Waals surface area contributed by atoms with E-state index in [1.807, 2.05) is 0 Å². The Hall–Kier alpha value is -0.570. The highest BCUT2D eigenvalue weighted by atomic mass is 16.1. The van der Waals surface area contributed by atoms with Crippen LogP contribution in [0, 0.1) is 5.92 Å². The van der Waals surface area contributed by atoms with Gasteiger partial charge in [0.1, 0.15) is 0 Å². The molecule has 2 rings (SSSR count). The Labute approximate surface area is 105 Å². The summed E-state index contributed by atoms with van der Waals surface area (Å²) in [6, 6.07) is 0.329. The molecule has 0 aromatic rings. The minimum Gasteiger partial charge on any atom is -0.353 e. The summed E-state index contributed by atoms with van der Waals surface area (Å²) in [5.41, 5.74) is 6.02. The van der Waals surface area contributed by atoms with Gasteiger partial charge in [0.15, 0.2) is 0 Å². The molecule has 1 amide bonds. The molecule has 0 aliphatic heterocycles. The van der Waals surface area contributed by atoms with Crippen LogP contribution in [0.3, 0.4) is 0 Å². The molecule has 0 radical (unpaired) electrons. The molecule has 2 aliphatic carbocycles. The Morgan fingerprint density at radius 1 is 1.29 bits per heavy atom. The molecule has 0 aromatic carbocycles. The first-order valence-electron chi connectivity index (χ1n) is 7.17. The predicted molar refractivity (Wildman–Crippen MR) is 69.6 cm³/mol. The molecule has 3 nitrogen and oxygen atoms in total. The molecule has 0 heterocycles. The molecule has 2 saturated carbocycles. The zero-order valence-corrected chi connectivity index (χ0v) is 11.0. The minimum absolute atomic E-state index is 0.161. The summed E-state index contributed by atoms with van der Waals surface area (Å²) in [7, 11) is 0. The summed E-state index contributed by atoms with van der Waals surface area (Å²) in [4.78, 5) is 12.0. The molecule has 17 heavy (non-hydrogen) atoms. The van der Waals surface area contributed by atoms with Crippen LogP contribution < -0.4 is 11.1 Å². The van der Waals surface area contributed by atoms with E-state index in [2.05, 4.69) is 12.2 Å². The molecule has 0 spiro atoms. The first-order valence-corrected chi connectivity index (χ1v) is 7.17. The highest BCUT2D eigenvalue weighted by Crippen LogP contribution is 2.31. The van der Waals surface area contributed by atoms with Gasteiger partial charge < -0.3 is 11.1 Å². The third kappa shape index (κ3) is 3.44. The van der Waals surface area contributed by atoms with Gasteiger partial charge in [0.05, 0.1) is 0 Å². The fraction of sp³-hybridized carbons (Fsp3) is 0.929. The normalized spacial score (nSPS) is 26.0. The lowest BCUT2D eigenvalue weighted by molar-refractivity contribution is -0.123. The van der Waals surface area contributed by atoms with E-state index in [1.54, 1.807) is 0 Å². The van der Waals surface area contributed by atoms with Crippen molar-refractivity contribution in [3.63, 3.8) is 0 Å². The van der Waals surface area contributed by atoms with E-state index in [0.29, 0.717) is 18.4 Å². The molecule has 0 bridgehead atoms. The van der Waals surface area contributed by atoms with Crippen LogP contribution in [0.25, 0.3) is 0 Å². The Morgan fingerprint density at radius 2 is 1.88 bits per heavy atom. The summed E-state index contributed by atoms with van der Waals surface area (Å²) in [6.45, 7) is 2.14. The van der Waals surface area contributed by atoms with E-state index >= 15 is 0 Å². The largest absolute Gasteiger partial charge is 0.353 e. The van der Waals surface area contributed by atoms with E-state index in [-0.39, 0.29) is 11.4 Å². The number of rotatable bonds is 4. The molecule has 3 N–H and O–H groups in total. The predicted octanol–water partition coefficient (Wildman–Crippen LogP) is 2.34. The van der Waals surface area contributed by atoms with E-state index in [9.17, 15) is 4.79 Å². The smallest absolute Gasteiger partial charge is 0.222 e. The summed E-state index contributed by atoms with van der Waals surface area (Å²) < 4.78 is 0. The van der Waals surface area contributed by atoms with Gasteiger partial charge in [0, 0.05) is 18.0 Å². The molecular weight excluding hydrogens is 212 g/mol. The average molecular weight is 238 g/mol. The molecule has 0 unspecified atom stereocenters. The first kappa shape index (κ1) is 12.9. The third-order valence-electron chi connectivity index (χ3n) is 4.61. The van der Waals surface area contributed by atoms with Crippen LogP contribution in [0.1, 0.15) is 64.7 Å². The van der Waals surface area contributed by atoms with Crippen LogP contribution in [-0.4, -0.2) is 17.5 Å². The summed E-state index contributed by atoms with van der Waals surface area (Å²) in [6.07, 6.45) is 10.1. The fourth-order valence-corrected chi connectivity index (χ4v) is 3.46. The summed E-state index contributed by atoms with van der Waals surface area (Å²) >= 11 is 0. The van der Waals surface area contributed by atoms with Gasteiger partial charge in [-0.25, -0.2) is 0 Å². The molecule has 98 valence electrons. The summed E-state index contributed by atoms with van der Waals surface area (Å²) in [5.74, 6) is 0.852. The van der Waals surface area contributed by atoms with Crippen molar-refractivity contribution in [1.29, 1.82) is 0 Å². The maximum Gasteiger partial charge on any atom is 0.222 e. The Kier molecular flexibility index (Phi) is 4.08. The van der Waals surface area contributed by atoms with Crippen LogP contribution in [-0.2, 0) is 4.79 Å². The Bertz CT molecular complexity index is 265. The van der Waals surface area contributed by atoms with E-state index in [0.717, 1.165) is 12.8 Å². The maximum absolute atomic E-state index is 12.0. The zero-order valence-electron chi connectivity index (χ0n) is 11.0. The van der Waals surface area contributed by atoms with Gasteiger partial charge in [-0.2, -0.15) is 0 Å². The standard InChI is InChI=1S/C14H26N2O/c1-11(12-6-2-3-7-12)16-13(17)10-14(15)8-4-5-9-14/h11-12H,2-10,15H2,1H3,(H,16,17)/t11-/m0/s1. The van der Waals surface area contributed by atoms with Gasteiger partial charge in [0.2, 0.25) is 5.91 Å². The van der Waals surface area contributed by atoms with Gasteiger partial charge in [-0.1, -0.05) is 25.7 Å². The molecule has 0 aromatic heterocycles. The van der Waals surface area contributed by atoms with Gasteiger partial charge in [0.25, 0.3) is 0 Å². The van der Waals surface area contributed by atoms with Crippen LogP contribution in [0.5, 0.6) is 0 Å². The number of hydrogen-bond acceptors (Lipinski definition) is 2. The van der Waals surface area contributed by atoms with Crippen molar-refractivity contribution in [2.24, 2.45) is 11.7 Å². The molecule has 0 saturated heterocycles. The van der Waals surface area contributed by atoms with Gasteiger partial charge in [-0.15, -0.1) is 0 Å². The highest BCUT2D eigenvalue weighted by molar-refractivity contribution is 5.77. The van der Waals surface area contributed by atoms with Gasteiger partial charge in [-0.05, 0) is 38.5 Å². The third-order valence-corrected chi connectivity index (χ3v) is 4.61. The number of nitrogens with one attached hydrogen (secondary N) is 1. The van der Waals surface area contributed by atoms with E-state index in [4.69, 9.17) is 5.73 Å². The Morgan fingerprint density at radius 3 is 2.47 bits per heavy atom. The topological polar surface area (TPSA) is 55.1 Å². The fourth-order valence-electron chi connectivity index (χ4n) is 3.46. The van der Waals surface area contributed by atoms with Crippen LogP contribution in [0.4, 0.5) is 0 Å². The van der Waals surface area contributed by atoms with Crippen LogP contribution in [0.2, 0.25) is 0 Å². The quantitative estimate of drug-likeness (QED) is 0.790. The lowest BCUT2D eigenvalue weighted by Gasteiger charge is -2.26. The first-order chi connectivity index (χ1) is 8.09. The van der Waals surface area contributed by atoms with Crippen LogP contribution >= 0.6 is 0 Å². The van der Waals surface area contributed by atoms with Crippen molar-refractivity contribution in [2.45, 2.75) is 76.3 Å². The number of hydrogen-bond donors (Lipinski definition) is 2. The zero-order chi connectivity index (χ0) is 12.3. The van der Waals surface area contributed by atoms with Crippen molar-refractivity contribution < 1.29 is 4.79 Å². The maximum atomic E-state index is 12.0. The molecule has 1 atom stereocenters. The molecule has 3 heteroatoms. The highest BCUT2D eigenvalue weighted by Gasteiger charge is 2.32. The molecule has 2 aliphatic rings. The lowest BCUT2D eigenvalue weighted by Crippen LogP contribution is -2.45. The minimum atomic E-state index is -0.209.